The van der Waals surface area contributed by atoms with Gasteiger partial charge in [0.1, 0.15) is 23.7 Å². The number of halogens is 2. The van der Waals surface area contributed by atoms with E-state index < -0.39 is 12.0 Å². The van der Waals surface area contributed by atoms with Crippen molar-refractivity contribution in [2.24, 2.45) is 13.0 Å². The summed E-state index contributed by atoms with van der Waals surface area (Å²) in [6.07, 6.45) is 7.39. The van der Waals surface area contributed by atoms with Crippen LogP contribution in [0.5, 0.6) is 5.75 Å². The van der Waals surface area contributed by atoms with Crippen LogP contribution in [0.2, 0.25) is 0 Å². The van der Waals surface area contributed by atoms with Gasteiger partial charge >= 0.3 is 6.09 Å². The van der Waals surface area contributed by atoms with Crippen molar-refractivity contribution >= 4 is 6.09 Å². The number of pyridine rings is 1. The maximum absolute atomic E-state index is 13.1. The Bertz CT molecular complexity index is 1060. The van der Waals surface area contributed by atoms with Crippen molar-refractivity contribution in [2.75, 3.05) is 13.6 Å². The Kier molecular flexibility index (Phi) is 6.63. The normalized spacial score (nSPS) is 20.3. The van der Waals surface area contributed by atoms with Gasteiger partial charge in [-0.25, -0.2) is 23.2 Å². The van der Waals surface area contributed by atoms with Crippen LogP contribution < -0.4 is 4.74 Å². The van der Waals surface area contributed by atoms with E-state index in [1.54, 1.807) is 18.8 Å². The van der Waals surface area contributed by atoms with Crippen LogP contribution in [0.15, 0.2) is 12.1 Å². The van der Waals surface area contributed by atoms with Gasteiger partial charge in [-0.3, -0.25) is 0 Å². The van der Waals surface area contributed by atoms with E-state index >= 15 is 0 Å². The van der Waals surface area contributed by atoms with Crippen molar-refractivity contribution in [3.8, 4) is 17.1 Å². The Morgan fingerprint density at radius 2 is 1.91 bits per heavy atom. The van der Waals surface area contributed by atoms with Gasteiger partial charge in [0.2, 0.25) is 5.92 Å². The van der Waals surface area contributed by atoms with Crippen molar-refractivity contribution in [1.29, 1.82) is 0 Å². The summed E-state index contributed by atoms with van der Waals surface area (Å²) in [5, 5.41) is 8.40. The first kappa shape index (κ1) is 23.9. The standard InChI is InChI=1S/C25H33F2N5O3/c1-31(14-16-12-25(26,27)13-16)24(33)34-15-20-23(29-30-32(20)2)19-10-11-21(22(28-19)17-8-9-17)35-18-6-4-3-5-7-18/h10-11,16-18H,3-9,12-15H2,1-2H3. The molecule has 1 amide bonds. The number of hydrogen-bond donors (Lipinski definition) is 0. The molecule has 0 saturated heterocycles. The molecule has 35 heavy (non-hydrogen) atoms. The lowest BCUT2D eigenvalue weighted by Crippen LogP contribution is -2.43. The number of aromatic nitrogens is 4. The number of rotatable bonds is 8. The lowest BCUT2D eigenvalue weighted by Gasteiger charge is -2.36. The number of ether oxygens (including phenoxy) is 2. The molecule has 0 bridgehead atoms. The van der Waals surface area contributed by atoms with E-state index in [-0.39, 0.29) is 38.0 Å². The maximum atomic E-state index is 13.1. The topological polar surface area (TPSA) is 82.4 Å². The average Bonchev–Trinajstić information content (AvgIpc) is 3.60. The fourth-order valence-electron chi connectivity index (χ4n) is 5.06. The second-order valence-electron chi connectivity index (χ2n) is 10.3. The summed E-state index contributed by atoms with van der Waals surface area (Å²) in [7, 11) is 3.30. The molecule has 3 aliphatic rings. The molecule has 190 valence electrons. The monoisotopic (exact) mass is 489 g/mol. The molecule has 8 nitrogen and oxygen atoms in total. The summed E-state index contributed by atoms with van der Waals surface area (Å²) in [4.78, 5) is 18.7. The molecule has 2 aromatic rings. The first-order valence-corrected chi connectivity index (χ1v) is 12.6. The number of carbonyl (C=O) groups is 1. The lowest BCUT2D eigenvalue weighted by molar-refractivity contribution is -0.114. The van der Waals surface area contributed by atoms with Crippen LogP contribution >= 0.6 is 0 Å². The molecule has 3 aliphatic carbocycles. The number of aryl methyl sites for hydroxylation is 1. The zero-order valence-electron chi connectivity index (χ0n) is 20.4. The summed E-state index contributed by atoms with van der Waals surface area (Å²) >= 11 is 0. The Morgan fingerprint density at radius 3 is 2.60 bits per heavy atom. The first-order valence-electron chi connectivity index (χ1n) is 12.6. The Morgan fingerprint density at radius 1 is 1.17 bits per heavy atom. The van der Waals surface area contributed by atoms with Crippen LogP contribution in [-0.4, -0.2) is 56.6 Å². The number of amides is 1. The minimum absolute atomic E-state index is 0.0381. The van der Waals surface area contributed by atoms with Crippen LogP contribution in [0.25, 0.3) is 11.4 Å². The summed E-state index contributed by atoms with van der Waals surface area (Å²) in [5.74, 6) is -1.54. The van der Waals surface area contributed by atoms with Gasteiger partial charge in [-0.1, -0.05) is 11.6 Å². The van der Waals surface area contributed by atoms with Crippen LogP contribution in [0.4, 0.5) is 13.6 Å². The highest BCUT2D eigenvalue weighted by molar-refractivity contribution is 5.67. The van der Waals surface area contributed by atoms with Crippen molar-refractivity contribution in [1.82, 2.24) is 24.9 Å². The fourth-order valence-corrected chi connectivity index (χ4v) is 5.06. The van der Waals surface area contributed by atoms with Crippen molar-refractivity contribution in [3.05, 3.63) is 23.5 Å². The summed E-state index contributed by atoms with van der Waals surface area (Å²) in [5.41, 5.74) is 2.83. The molecule has 3 saturated carbocycles. The lowest BCUT2D eigenvalue weighted by atomic mass is 9.81. The molecule has 10 heteroatoms. The van der Waals surface area contributed by atoms with E-state index in [9.17, 15) is 13.6 Å². The second kappa shape index (κ2) is 9.70. The molecule has 0 aliphatic heterocycles. The molecule has 2 aromatic heterocycles. The fraction of sp³-hybridized carbons (Fsp3) is 0.680. The van der Waals surface area contributed by atoms with Gasteiger partial charge in [0.25, 0.3) is 0 Å². The molecule has 0 radical (unpaired) electrons. The van der Waals surface area contributed by atoms with Crippen LogP contribution in [0.3, 0.4) is 0 Å². The van der Waals surface area contributed by atoms with E-state index in [2.05, 4.69) is 10.3 Å². The highest BCUT2D eigenvalue weighted by Crippen LogP contribution is 2.45. The Hall–Kier alpha value is -2.78. The summed E-state index contributed by atoms with van der Waals surface area (Å²) in [6, 6.07) is 3.87. The van der Waals surface area contributed by atoms with Crippen molar-refractivity contribution in [2.45, 2.75) is 82.3 Å². The average molecular weight is 490 g/mol. The van der Waals surface area contributed by atoms with Gasteiger partial charge in [-0.15, -0.1) is 5.10 Å². The minimum atomic E-state index is -2.60. The van der Waals surface area contributed by atoms with Crippen LogP contribution in [0, 0.1) is 5.92 Å². The van der Waals surface area contributed by atoms with Crippen LogP contribution in [0.1, 0.15) is 75.1 Å². The van der Waals surface area contributed by atoms with Gasteiger partial charge in [-0.2, -0.15) is 0 Å². The minimum Gasteiger partial charge on any atom is -0.489 e. The zero-order valence-corrected chi connectivity index (χ0v) is 20.4. The molecular formula is C25H33F2N5O3. The Labute approximate surface area is 204 Å². The molecule has 0 spiro atoms. The highest BCUT2D eigenvalue weighted by atomic mass is 19.3. The van der Waals surface area contributed by atoms with Gasteiger partial charge in [-0.05, 0) is 56.6 Å². The van der Waals surface area contributed by atoms with Gasteiger partial charge in [0, 0.05) is 39.4 Å². The molecular weight excluding hydrogens is 456 g/mol. The van der Waals surface area contributed by atoms with Crippen molar-refractivity contribution < 1.29 is 23.0 Å². The van der Waals surface area contributed by atoms with Gasteiger partial charge < -0.3 is 14.4 Å². The van der Waals surface area contributed by atoms with E-state index in [1.807, 2.05) is 12.1 Å². The van der Waals surface area contributed by atoms with Gasteiger partial charge in [0.15, 0.2) is 0 Å². The summed E-state index contributed by atoms with van der Waals surface area (Å²) in [6.45, 7) is 0.212. The molecule has 2 heterocycles. The second-order valence-corrected chi connectivity index (χ2v) is 10.3. The molecule has 0 unspecified atom stereocenters. The zero-order chi connectivity index (χ0) is 24.6. The third-order valence-electron chi connectivity index (χ3n) is 7.23. The number of hydrogen-bond acceptors (Lipinski definition) is 6. The van der Waals surface area contributed by atoms with E-state index in [1.165, 1.54) is 24.2 Å². The molecule has 5 rings (SSSR count). The number of nitrogens with zero attached hydrogens (tertiary/aromatic N) is 5. The molecule has 0 N–H and O–H groups in total. The quantitative estimate of drug-likeness (QED) is 0.514. The first-order chi connectivity index (χ1) is 16.8. The van der Waals surface area contributed by atoms with Gasteiger partial charge in [0.05, 0.1) is 17.5 Å². The Balaban J connectivity index is 1.26. The predicted molar refractivity (Wildman–Crippen MR) is 124 cm³/mol. The molecule has 0 atom stereocenters. The largest absolute Gasteiger partial charge is 0.489 e. The predicted octanol–water partition coefficient (Wildman–Crippen LogP) is 5.08. The molecule has 0 aromatic carbocycles. The third kappa shape index (κ3) is 5.56. The smallest absolute Gasteiger partial charge is 0.409 e. The van der Waals surface area contributed by atoms with E-state index in [0.29, 0.717) is 23.0 Å². The van der Waals surface area contributed by atoms with Crippen LogP contribution in [-0.2, 0) is 18.4 Å². The third-order valence-corrected chi connectivity index (χ3v) is 7.23. The highest BCUT2D eigenvalue weighted by Gasteiger charge is 2.45. The number of alkyl halides is 2. The van der Waals surface area contributed by atoms with E-state index in [4.69, 9.17) is 14.5 Å². The van der Waals surface area contributed by atoms with Crippen molar-refractivity contribution in [3.63, 3.8) is 0 Å². The maximum Gasteiger partial charge on any atom is 0.409 e. The SMILES string of the molecule is CN(CC1CC(F)(F)C1)C(=O)OCc1c(-c2ccc(OC3CCCCC3)c(C3CC3)n2)nnn1C. The molecule has 3 fully saturated rings. The number of carbonyl (C=O) groups excluding carboxylic acids is 1. The summed E-state index contributed by atoms with van der Waals surface area (Å²) < 4.78 is 39.6. The van der Waals surface area contributed by atoms with E-state index in [0.717, 1.165) is 37.1 Å².